The number of carbonyl (C=O) groups is 1. The summed E-state index contributed by atoms with van der Waals surface area (Å²) in [5.74, 6) is 0.530. The first-order valence-electron chi connectivity index (χ1n) is 10.2. The van der Waals surface area contributed by atoms with Crippen molar-refractivity contribution in [3.8, 4) is 0 Å². The molecule has 0 aliphatic carbocycles. The van der Waals surface area contributed by atoms with Crippen LogP contribution in [0.15, 0.2) is 18.2 Å². The van der Waals surface area contributed by atoms with Crippen molar-refractivity contribution in [3.63, 3.8) is 0 Å². The number of hydrogen-bond donors (Lipinski definition) is 3. The van der Waals surface area contributed by atoms with Gasteiger partial charge in [-0.15, -0.1) is 0 Å². The Bertz CT molecular complexity index is 1050. The minimum absolute atomic E-state index is 0.362. The third-order valence-electron chi connectivity index (χ3n) is 4.86. The molecule has 0 radical (unpaired) electrons. The fourth-order valence-corrected chi connectivity index (χ4v) is 3.72. The van der Waals surface area contributed by atoms with E-state index < -0.39 is 6.03 Å². The number of unbranched alkanes of at least 4 members (excludes halogenated alkanes) is 3. The number of halogens is 1. The van der Waals surface area contributed by atoms with E-state index in [1.54, 1.807) is 10.7 Å². The van der Waals surface area contributed by atoms with E-state index in [4.69, 9.17) is 11.6 Å². The third-order valence-corrected chi connectivity index (χ3v) is 5.06. The van der Waals surface area contributed by atoms with Crippen molar-refractivity contribution in [1.29, 1.82) is 0 Å². The molecule has 0 fully saturated rings. The predicted molar refractivity (Wildman–Crippen MR) is 121 cm³/mol. The van der Waals surface area contributed by atoms with E-state index in [1.165, 1.54) is 12.8 Å². The van der Waals surface area contributed by atoms with Gasteiger partial charge in [-0.1, -0.05) is 37.8 Å². The van der Waals surface area contributed by atoms with Crippen molar-refractivity contribution in [2.45, 2.75) is 52.9 Å². The minimum atomic E-state index is -0.421. The Kier molecular flexibility index (Phi) is 7.10. The molecule has 3 N–H and O–H groups in total. The SMILES string of the molecule is CCCCCCc1cc(NC(=O)NNc2cc(C)c3c(C)nn(C)c3n2)cc(Cl)n1. The minimum Gasteiger partial charge on any atom is -0.306 e. The quantitative estimate of drug-likeness (QED) is 0.268. The molecular formula is C21H28ClN7O. The van der Waals surface area contributed by atoms with Gasteiger partial charge in [-0.25, -0.2) is 14.8 Å². The molecule has 0 aliphatic heterocycles. The Morgan fingerprint density at radius 2 is 1.93 bits per heavy atom. The molecule has 2 amide bonds. The number of rotatable bonds is 8. The lowest BCUT2D eigenvalue weighted by Crippen LogP contribution is -2.34. The zero-order valence-corrected chi connectivity index (χ0v) is 18.6. The van der Waals surface area contributed by atoms with E-state index in [-0.39, 0.29) is 0 Å². The number of anilines is 2. The normalized spacial score (nSPS) is 11.0. The summed E-state index contributed by atoms with van der Waals surface area (Å²) in [5, 5.41) is 8.56. The van der Waals surface area contributed by atoms with Crippen LogP contribution in [0.3, 0.4) is 0 Å². The van der Waals surface area contributed by atoms with Crippen LogP contribution in [-0.2, 0) is 13.5 Å². The van der Waals surface area contributed by atoms with Crippen LogP contribution in [0.5, 0.6) is 0 Å². The zero-order valence-electron chi connectivity index (χ0n) is 17.8. The average molecular weight is 430 g/mol. The molecular weight excluding hydrogens is 402 g/mol. The third kappa shape index (κ3) is 5.38. The van der Waals surface area contributed by atoms with E-state index in [9.17, 15) is 4.79 Å². The highest BCUT2D eigenvalue weighted by Crippen LogP contribution is 2.22. The zero-order chi connectivity index (χ0) is 21.7. The maximum Gasteiger partial charge on any atom is 0.337 e. The van der Waals surface area contributed by atoms with Gasteiger partial charge >= 0.3 is 6.03 Å². The largest absolute Gasteiger partial charge is 0.337 e. The van der Waals surface area contributed by atoms with Gasteiger partial charge in [0, 0.05) is 23.8 Å². The molecule has 3 aromatic rings. The maximum absolute atomic E-state index is 12.3. The van der Waals surface area contributed by atoms with Gasteiger partial charge in [0.25, 0.3) is 0 Å². The molecule has 3 rings (SSSR count). The lowest BCUT2D eigenvalue weighted by molar-refractivity contribution is 0.254. The lowest BCUT2D eigenvalue weighted by Gasteiger charge is -2.11. The van der Waals surface area contributed by atoms with Gasteiger partial charge in [-0.05, 0) is 50.5 Å². The van der Waals surface area contributed by atoms with Crippen molar-refractivity contribution >= 4 is 40.2 Å². The summed E-state index contributed by atoms with van der Waals surface area (Å²) in [5.41, 5.74) is 9.64. The number of carbonyl (C=O) groups excluding carboxylic acids is 1. The highest BCUT2D eigenvalue weighted by molar-refractivity contribution is 6.29. The fourth-order valence-electron chi connectivity index (χ4n) is 3.49. The Morgan fingerprint density at radius 1 is 1.13 bits per heavy atom. The monoisotopic (exact) mass is 429 g/mol. The van der Waals surface area contributed by atoms with E-state index in [1.807, 2.05) is 33.0 Å². The molecule has 0 atom stereocenters. The molecule has 9 heteroatoms. The first-order chi connectivity index (χ1) is 14.4. The van der Waals surface area contributed by atoms with Crippen LogP contribution in [0.1, 0.15) is 49.6 Å². The second kappa shape index (κ2) is 9.75. The van der Waals surface area contributed by atoms with Crippen molar-refractivity contribution < 1.29 is 4.79 Å². The Morgan fingerprint density at radius 3 is 2.70 bits per heavy atom. The van der Waals surface area contributed by atoms with E-state index in [0.29, 0.717) is 16.7 Å². The van der Waals surface area contributed by atoms with Gasteiger partial charge in [0.1, 0.15) is 11.0 Å². The summed E-state index contributed by atoms with van der Waals surface area (Å²) in [4.78, 5) is 21.2. The van der Waals surface area contributed by atoms with Gasteiger partial charge in [0.2, 0.25) is 0 Å². The number of fused-ring (bicyclic) bond motifs is 1. The van der Waals surface area contributed by atoms with Gasteiger partial charge in [0.15, 0.2) is 5.65 Å². The van der Waals surface area contributed by atoms with Crippen LogP contribution >= 0.6 is 11.6 Å². The first-order valence-corrected chi connectivity index (χ1v) is 10.6. The molecule has 0 aliphatic rings. The first kappa shape index (κ1) is 21.8. The molecule has 0 saturated carbocycles. The van der Waals surface area contributed by atoms with E-state index >= 15 is 0 Å². The van der Waals surface area contributed by atoms with Crippen molar-refractivity contribution in [3.05, 3.63) is 40.3 Å². The number of urea groups is 1. The topological polar surface area (TPSA) is 96.8 Å². The number of hydrogen-bond acceptors (Lipinski definition) is 5. The number of aromatic nitrogens is 4. The second-order valence-corrected chi connectivity index (χ2v) is 7.80. The summed E-state index contributed by atoms with van der Waals surface area (Å²) >= 11 is 6.12. The fraction of sp³-hybridized carbons (Fsp3) is 0.429. The Labute approximate surface area is 181 Å². The number of hydrazine groups is 1. The summed E-state index contributed by atoms with van der Waals surface area (Å²) in [7, 11) is 1.85. The van der Waals surface area contributed by atoms with Crippen LogP contribution in [-0.4, -0.2) is 25.8 Å². The summed E-state index contributed by atoms with van der Waals surface area (Å²) < 4.78 is 1.73. The average Bonchev–Trinajstić information content (AvgIpc) is 2.97. The highest BCUT2D eigenvalue weighted by Gasteiger charge is 2.12. The van der Waals surface area contributed by atoms with Crippen molar-refractivity contribution in [2.24, 2.45) is 7.05 Å². The standard InChI is InChI=1S/C21H28ClN7O/c1-5-6-7-8-9-15-11-16(12-17(22)23-15)24-21(30)27-26-18-10-13(2)19-14(3)28-29(4)20(19)25-18/h10-12H,5-9H2,1-4H3,(H,25,26)(H2,23,24,27,30). The van der Waals surface area contributed by atoms with Gasteiger partial charge < -0.3 is 5.32 Å². The molecule has 160 valence electrons. The number of pyridine rings is 2. The summed E-state index contributed by atoms with van der Waals surface area (Å²) in [6.07, 6.45) is 5.44. The molecule has 0 unspecified atom stereocenters. The number of amides is 2. The highest BCUT2D eigenvalue weighted by atomic mass is 35.5. The Hall–Kier alpha value is -2.87. The van der Waals surface area contributed by atoms with Crippen LogP contribution in [0, 0.1) is 13.8 Å². The molecule has 3 aromatic heterocycles. The smallest absolute Gasteiger partial charge is 0.306 e. The molecule has 0 bridgehead atoms. The van der Waals surface area contributed by atoms with Gasteiger partial charge in [0.05, 0.1) is 5.69 Å². The van der Waals surface area contributed by atoms with E-state index in [2.05, 4.69) is 38.2 Å². The van der Waals surface area contributed by atoms with Gasteiger partial charge in [-0.3, -0.25) is 15.5 Å². The van der Waals surface area contributed by atoms with Crippen LogP contribution in [0.4, 0.5) is 16.3 Å². The molecule has 0 spiro atoms. The molecule has 0 aromatic carbocycles. The predicted octanol–water partition coefficient (Wildman–Crippen LogP) is 4.90. The van der Waals surface area contributed by atoms with E-state index in [0.717, 1.165) is 47.2 Å². The second-order valence-electron chi connectivity index (χ2n) is 7.42. The maximum atomic E-state index is 12.3. The molecule has 0 saturated heterocycles. The van der Waals surface area contributed by atoms with Crippen molar-refractivity contribution in [2.75, 3.05) is 10.7 Å². The number of nitrogens with zero attached hydrogens (tertiary/aromatic N) is 4. The molecule has 8 nitrogen and oxygen atoms in total. The van der Waals surface area contributed by atoms with Gasteiger partial charge in [-0.2, -0.15) is 5.10 Å². The van der Waals surface area contributed by atoms with Crippen LogP contribution in [0.2, 0.25) is 5.15 Å². The summed E-state index contributed by atoms with van der Waals surface area (Å²) in [6, 6.07) is 4.93. The molecule has 30 heavy (non-hydrogen) atoms. The molecule has 3 heterocycles. The summed E-state index contributed by atoms with van der Waals surface area (Å²) in [6.45, 7) is 6.12. The van der Waals surface area contributed by atoms with Crippen LogP contribution < -0.4 is 16.2 Å². The number of nitrogens with one attached hydrogen (secondary N) is 3. The van der Waals surface area contributed by atoms with Crippen molar-refractivity contribution in [1.82, 2.24) is 25.2 Å². The van der Waals surface area contributed by atoms with Crippen LogP contribution in [0.25, 0.3) is 11.0 Å². The lowest BCUT2D eigenvalue weighted by atomic mass is 10.1. The Balaban J connectivity index is 1.61. The number of aryl methyl sites for hydroxylation is 4.